The minimum Gasteiger partial charge on any atom is -0.490 e. The van der Waals surface area contributed by atoms with Crippen LogP contribution in [0.15, 0.2) is 18.2 Å². The van der Waals surface area contributed by atoms with Crippen LogP contribution in [0, 0.1) is 0 Å². The lowest BCUT2D eigenvalue weighted by atomic mass is 10.1. The summed E-state index contributed by atoms with van der Waals surface area (Å²) < 4.78 is 15.9. The number of benzene rings is 1. The van der Waals surface area contributed by atoms with Gasteiger partial charge in [-0.15, -0.1) is 0 Å². The average Bonchev–Trinajstić information content (AvgIpc) is 2.43. The Kier molecular flexibility index (Phi) is 6.79. The van der Waals surface area contributed by atoms with Crippen molar-refractivity contribution in [3.05, 3.63) is 23.8 Å². The van der Waals surface area contributed by atoms with Crippen LogP contribution in [0.1, 0.15) is 32.3 Å². The molecule has 19 heavy (non-hydrogen) atoms. The van der Waals surface area contributed by atoms with Gasteiger partial charge in [0.05, 0.1) is 26.7 Å². The van der Waals surface area contributed by atoms with Crippen molar-refractivity contribution >= 4 is 5.97 Å². The van der Waals surface area contributed by atoms with Gasteiger partial charge < -0.3 is 14.2 Å². The fraction of sp³-hybridized carbons (Fsp3) is 0.533. The number of carbonyl (C=O) groups is 1. The first-order valence-electron chi connectivity index (χ1n) is 6.66. The molecule has 0 amide bonds. The Morgan fingerprint density at radius 3 is 2.26 bits per heavy atom. The number of esters is 1. The van der Waals surface area contributed by atoms with Crippen LogP contribution in [-0.4, -0.2) is 26.3 Å². The van der Waals surface area contributed by atoms with Gasteiger partial charge in [-0.2, -0.15) is 0 Å². The summed E-state index contributed by atoms with van der Waals surface area (Å²) in [6.45, 7) is 5.38. The molecule has 106 valence electrons. The molecule has 0 aliphatic carbocycles. The highest BCUT2D eigenvalue weighted by Crippen LogP contribution is 2.29. The zero-order valence-corrected chi connectivity index (χ0v) is 11.9. The van der Waals surface area contributed by atoms with Crippen molar-refractivity contribution in [3.8, 4) is 11.5 Å². The van der Waals surface area contributed by atoms with Gasteiger partial charge >= 0.3 is 5.97 Å². The molecule has 0 saturated carbocycles. The molecule has 0 atom stereocenters. The highest BCUT2D eigenvalue weighted by molar-refractivity contribution is 5.72. The van der Waals surface area contributed by atoms with Crippen molar-refractivity contribution in [1.82, 2.24) is 0 Å². The summed E-state index contributed by atoms with van der Waals surface area (Å²) in [4.78, 5) is 11.3. The Morgan fingerprint density at radius 1 is 1.05 bits per heavy atom. The number of hydrogen-bond acceptors (Lipinski definition) is 4. The largest absolute Gasteiger partial charge is 0.490 e. The predicted molar refractivity (Wildman–Crippen MR) is 73.7 cm³/mol. The zero-order valence-electron chi connectivity index (χ0n) is 11.9. The quantitative estimate of drug-likeness (QED) is 0.679. The lowest BCUT2D eigenvalue weighted by molar-refractivity contribution is -0.139. The predicted octanol–water partition coefficient (Wildman–Crippen LogP) is 2.98. The minimum atomic E-state index is -0.260. The Morgan fingerprint density at radius 2 is 1.68 bits per heavy atom. The van der Waals surface area contributed by atoms with E-state index in [0.717, 1.165) is 24.2 Å². The number of carbonyl (C=O) groups excluding carboxylic acids is 1. The second-order valence-corrected chi connectivity index (χ2v) is 4.23. The van der Waals surface area contributed by atoms with Gasteiger partial charge in [0.15, 0.2) is 11.5 Å². The van der Waals surface area contributed by atoms with Gasteiger partial charge in [-0.05, 0) is 30.5 Å². The molecule has 0 unspecified atom stereocenters. The lowest BCUT2D eigenvalue weighted by Gasteiger charge is -2.13. The van der Waals surface area contributed by atoms with Crippen molar-refractivity contribution < 1.29 is 19.0 Å². The number of ether oxygens (including phenoxy) is 3. The van der Waals surface area contributed by atoms with E-state index < -0.39 is 0 Å². The maximum atomic E-state index is 11.3. The second kappa shape index (κ2) is 8.40. The van der Waals surface area contributed by atoms with E-state index in [0.29, 0.717) is 19.0 Å². The van der Waals surface area contributed by atoms with Crippen molar-refractivity contribution in [3.63, 3.8) is 0 Å². The van der Waals surface area contributed by atoms with Crippen LogP contribution in [-0.2, 0) is 16.0 Å². The van der Waals surface area contributed by atoms with Gasteiger partial charge in [0.25, 0.3) is 0 Å². The normalized spacial score (nSPS) is 10.1. The first kappa shape index (κ1) is 15.3. The number of hydrogen-bond donors (Lipinski definition) is 0. The highest BCUT2D eigenvalue weighted by atomic mass is 16.5. The van der Waals surface area contributed by atoms with Gasteiger partial charge in [-0.1, -0.05) is 19.9 Å². The van der Waals surface area contributed by atoms with E-state index in [1.165, 1.54) is 7.11 Å². The number of rotatable bonds is 8. The Hall–Kier alpha value is -1.71. The Labute approximate surface area is 114 Å². The summed E-state index contributed by atoms with van der Waals surface area (Å²) in [5.74, 6) is 1.16. The molecule has 0 spiro atoms. The SMILES string of the molecule is CCCOc1ccc(CC(=O)OC)cc1OCCC. The summed E-state index contributed by atoms with van der Waals surface area (Å²) in [6, 6.07) is 5.55. The number of methoxy groups -OCH3 is 1. The van der Waals surface area contributed by atoms with Crippen molar-refractivity contribution in [2.24, 2.45) is 0 Å². The monoisotopic (exact) mass is 266 g/mol. The van der Waals surface area contributed by atoms with Crippen molar-refractivity contribution in [1.29, 1.82) is 0 Å². The summed E-state index contributed by atoms with van der Waals surface area (Å²) in [5.41, 5.74) is 0.863. The van der Waals surface area contributed by atoms with Crippen molar-refractivity contribution in [2.75, 3.05) is 20.3 Å². The molecule has 4 nitrogen and oxygen atoms in total. The third kappa shape index (κ3) is 5.20. The highest BCUT2D eigenvalue weighted by Gasteiger charge is 2.09. The minimum absolute atomic E-state index is 0.243. The van der Waals surface area contributed by atoms with Crippen LogP contribution < -0.4 is 9.47 Å². The molecule has 0 aliphatic heterocycles. The zero-order chi connectivity index (χ0) is 14.1. The smallest absolute Gasteiger partial charge is 0.309 e. The molecule has 0 fully saturated rings. The molecule has 0 heterocycles. The Balaban J connectivity index is 2.83. The van der Waals surface area contributed by atoms with Gasteiger partial charge in [0.2, 0.25) is 0 Å². The molecule has 4 heteroatoms. The summed E-state index contributed by atoms with van der Waals surface area (Å²) >= 11 is 0. The third-order valence-corrected chi connectivity index (χ3v) is 2.51. The fourth-order valence-electron chi connectivity index (χ4n) is 1.56. The van der Waals surface area contributed by atoms with E-state index in [1.54, 1.807) is 0 Å². The van der Waals surface area contributed by atoms with Gasteiger partial charge in [-0.25, -0.2) is 0 Å². The third-order valence-electron chi connectivity index (χ3n) is 2.51. The van der Waals surface area contributed by atoms with Gasteiger partial charge in [0.1, 0.15) is 0 Å². The maximum Gasteiger partial charge on any atom is 0.309 e. The average molecular weight is 266 g/mol. The van der Waals surface area contributed by atoms with Gasteiger partial charge in [0, 0.05) is 0 Å². The summed E-state index contributed by atoms with van der Waals surface area (Å²) in [7, 11) is 1.38. The van der Waals surface area contributed by atoms with E-state index >= 15 is 0 Å². The topological polar surface area (TPSA) is 44.8 Å². The second-order valence-electron chi connectivity index (χ2n) is 4.23. The maximum absolute atomic E-state index is 11.3. The van der Waals surface area contributed by atoms with Crippen LogP contribution in [0.4, 0.5) is 0 Å². The lowest BCUT2D eigenvalue weighted by Crippen LogP contribution is -2.06. The molecule has 1 aromatic rings. The molecule has 0 saturated heterocycles. The molecule has 1 rings (SSSR count). The first-order chi connectivity index (χ1) is 9.21. The van der Waals surface area contributed by atoms with Crippen LogP contribution >= 0.6 is 0 Å². The first-order valence-corrected chi connectivity index (χ1v) is 6.66. The van der Waals surface area contributed by atoms with Gasteiger partial charge in [-0.3, -0.25) is 4.79 Å². The van der Waals surface area contributed by atoms with Crippen LogP contribution in [0.3, 0.4) is 0 Å². The summed E-state index contributed by atoms with van der Waals surface area (Å²) in [6.07, 6.45) is 2.11. The molecule has 0 N–H and O–H groups in total. The standard InChI is InChI=1S/C15H22O4/c1-4-8-18-13-7-6-12(11-15(16)17-3)10-14(13)19-9-5-2/h6-7,10H,4-5,8-9,11H2,1-3H3. The molecular weight excluding hydrogens is 244 g/mol. The summed E-state index contributed by atoms with van der Waals surface area (Å²) in [5, 5.41) is 0. The molecule has 0 aliphatic rings. The van der Waals surface area contributed by atoms with E-state index in [1.807, 2.05) is 25.1 Å². The molecule has 0 aromatic heterocycles. The molecular formula is C15H22O4. The van der Waals surface area contributed by atoms with E-state index in [4.69, 9.17) is 9.47 Å². The molecule has 0 radical (unpaired) electrons. The van der Waals surface area contributed by atoms with E-state index in [-0.39, 0.29) is 12.4 Å². The van der Waals surface area contributed by atoms with E-state index in [2.05, 4.69) is 11.7 Å². The molecule has 1 aromatic carbocycles. The van der Waals surface area contributed by atoms with Crippen LogP contribution in [0.5, 0.6) is 11.5 Å². The van der Waals surface area contributed by atoms with Crippen molar-refractivity contribution in [2.45, 2.75) is 33.1 Å². The van der Waals surface area contributed by atoms with Crippen LogP contribution in [0.25, 0.3) is 0 Å². The molecule has 0 bridgehead atoms. The van der Waals surface area contributed by atoms with Crippen LogP contribution in [0.2, 0.25) is 0 Å². The fourth-order valence-corrected chi connectivity index (χ4v) is 1.56. The van der Waals surface area contributed by atoms with E-state index in [9.17, 15) is 4.79 Å². The Bertz CT molecular complexity index is 401.